The largest absolute Gasteiger partial charge is 0.371 e. The molecule has 3 heteroatoms. The van der Waals surface area contributed by atoms with Gasteiger partial charge in [-0.05, 0) is 6.42 Å². The van der Waals surface area contributed by atoms with Gasteiger partial charge in [-0.25, -0.2) is 0 Å². The molecular weight excluding hydrogens is 132 g/mol. The maximum atomic E-state index is 8.30. The van der Waals surface area contributed by atoms with E-state index in [9.17, 15) is 0 Å². The molecule has 1 heterocycles. The van der Waals surface area contributed by atoms with Crippen molar-refractivity contribution in [1.82, 2.24) is 0 Å². The van der Waals surface area contributed by atoms with Gasteiger partial charge in [-0.15, -0.1) is 0 Å². The van der Waals surface area contributed by atoms with Crippen LogP contribution in [0.2, 0.25) is 0 Å². The highest BCUT2D eigenvalue weighted by Crippen LogP contribution is 2.05. The fraction of sp³-hybridized carbons (Fsp3) is 0.714. The first kappa shape index (κ1) is 7.72. The standard InChI is InChI=1S/C7H12O3/c8-6-9-5-7-3-1-2-4-10-7/h1-2,7-8H,3-6H2. The van der Waals surface area contributed by atoms with Gasteiger partial charge in [0.2, 0.25) is 0 Å². The number of aliphatic hydroxyl groups is 1. The molecule has 1 atom stereocenters. The molecule has 0 fully saturated rings. The fourth-order valence-corrected chi connectivity index (χ4v) is 0.876. The van der Waals surface area contributed by atoms with E-state index in [0.717, 1.165) is 6.42 Å². The van der Waals surface area contributed by atoms with Crippen LogP contribution in [0.1, 0.15) is 6.42 Å². The molecule has 0 spiro atoms. The number of hydrogen-bond acceptors (Lipinski definition) is 3. The molecule has 0 amide bonds. The van der Waals surface area contributed by atoms with E-state index in [2.05, 4.69) is 6.08 Å². The molecular formula is C7H12O3. The molecule has 1 aliphatic rings. The Hall–Kier alpha value is -0.380. The quantitative estimate of drug-likeness (QED) is 0.457. The van der Waals surface area contributed by atoms with Gasteiger partial charge in [0.1, 0.15) is 6.79 Å². The topological polar surface area (TPSA) is 38.7 Å². The Labute approximate surface area is 60.3 Å². The predicted octanol–water partition coefficient (Wildman–Crippen LogP) is 0.298. The van der Waals surface area contributed by atoms with Gasteiger partial charge in [0, 0.05) is 0 Å². The van der Waals surface area contributed by atoms with Crippen LogP contribution in [-0.4, -0.2) is 31.2 Å². The summed E-state index contributed by atoms with van der Waals surface area (Å²) < 4.78 is 10.0. The Balaban J connectivity index is 2.10. The van der Waals surface area contributed by atoms with Crippen LogP contribution < -0.4 is 0 Å². The molecule has 1 N–H and O–H groups in total. The van der Waals surface area contributed by atoms with Gasteiger partial charge in [-0.3, -0.25) is 0 Å². The van der Waals surface area contributed by atoms with Crippen LogP contribution in [0.3, 0.4) is 0 Å². The minimum atomic E-state index is -0.219. The van der Waals surface area contributed by atoms with Crippen molar-refractivity contribution in [3.63, 3.8) is 0 Å². The van der Waals surface area contributed by atoms with Crippen LogP contribution >= 0.6 is 0 Å². The van der Waals surface area contributed by atoms with Crippen LogP contribution in [0.15, 0.2) is 12.2 Å². The average molecular weight is 144 g/mol. The fourth-order valence-electron chi connectivity index (χ4n) is 0.876. The number of aliphatic hydroxyl groups excluding tert-OH is 1. The van der Waals surface area contributed by atoms with Crippen LogP contribution in [0.5, 0.6) is 0 Å². The van der Waals surface area contributed by atoms with Gasteiger partial charge >= 0.3 is 0 Å². The average Bonchev–Trinajstić information content (AvgIpc) is 2.03. The minimum Gasteiger partial charge on any atom is -0.371 e. The molecule has 3 nitrogen and oxygen atoms in total. The highest BCUT2D eigenvalue weighted by Gasteiger charge is 2.08. The zero-order valence-electron chi connectivity index (χ0n) is 5.82. The lowest BCUT2D eigenvalue weighted by Crippen LogP contribution is -2.21. The normalized spacial score (nSPS) is 25.1. The molecule has 1 aliphatic heterocycles. The Morgan fingerprint density at radius 3 is 3.10 bits per heavy atom. The van der Waals surface area contributed by atoms with Crippen molar-refractivity contribution >= 4 is 0 Å². The van der Waals surface area contributed by atoms with Crippen molar-refractivity contribution in [2.45, 2.75) is 12.5 Å². The van der Waals surface area contributed by atoms with Crippen molar-refractivity contribution in [2.24, 2.45) is 0 Å². The summed E-state index contributed by atoms with van der Waals surface area (Å²) >= 11 is 0. The van der Waals surface area contributed by atoms with Crippen LogP contribution in [0, 0.1) is 0 Å². The van der Waals surface area contributed by atoms with Gasteiger partial charge in [0.15, 0.2) is 0 Å². The number of rotatable bonds is 3. The van der Waals surface area contributed by atoms with Crippen molar-refractivity contribution in [1.29, 1.82) is 0 Å². The monoisotopic (exact) mass is 144 g/mol. The van der Waals surface area contributed by atoms with E-state index in [1.807, 2.05) is 6.08 Å². The maximum absolute atomic E-state index is 8.30. The third kappa shape index (κ3) is 2.47. The molecule has 0 aliphatic carbocycles. The van der Waals surface area contributed by atoms with Crippen LogP contribution in [0.25, 0.3) is 0 Å². The lowest BCUT2D eigenvalue weighted by Gasteiger charge is -2.17. The second-order valence-corrected chi connectivity index (χ2v) is 2.16. The summed E-state index contributed by atoms with van der Waals surface area (Å²) in [5, 5.41) is 8.30. The van der Waals surface area contributed by atoms with E-state index in [-0.39, 0.29) is 12.9 Å². The van der Waals surface area contributed by atoms with Crippen molar-refractivity contribution in [3.8, 4) is 0 Å². The Bertz CT molecular complexity index is 111. The van der Waals surface area contributed by atoms with Gasteiger partial charge in [0.25, 0.3) is 0 Å². The van der Waals surface area contributed by atoms with Crippen molar-refractivity contribution < 1.29 is 14.6 Å². The summed E-state index contributed by atoms with van der Waals surface area (Å²) in [7, 11) is 0. The molecule has 1 unspecified atom stereocenters. The molecule has 10 heavy (non-hydrogen) atoms. The molecule has 0 saturated carbocycles. The van der Waals surface area contributed by atoms with Crippen LogP contribution in [-0.2, 0) is 9.47 Å². The molecule has 0 aromatic heterocycles. The first-order chi connectivity index (χ1) is 4.93. The SMILES string of the molecule is OCOCC1CC=CCO1. The molecule has 0 bridgehead atoms. The Kier molecular flexibility index (Phi) is 3.43. The summed E-state index contributed by atoms with van der Waals surface area (Å²) in [4.78, 5) is 0. The molecule has 1 rings (SSSR count). The van der Waals surface area contributed by atoms with Crippen molar-refractivity contribution in [3.05, 3.63) is 12.2 Å². The maximum Gasteiger partial charge on any atom is 0.143 e. The summed E-state index contributed by atoms with van der Waals surface area (Å²) in [6.07, 6.45) is 5.07. The van der Waals surface area contributed by atoms with Crippen LogP contribution in [0.4, 0.5) is 0 Å². The second kappa shape index (κ2) is 4.44. The number of ether oxygens (including phenoxy) is 2. The Morgan fingerprint density at radius 2 is 2.50 bits per heavy atom. The lowest BCUT2D eigenvalue weighted by atomic mass is 10.2. The first-order valence-electron chi connectivity index (χ1n) is 3.38. The summed E-state index contributed by atoms with van der Waals surface area (Å²) in [6, 6.07) is 0. The van der Waals surface area contributed by atoms with Gasteiger partial charge in [-0.2, -0.15) is 0 Å². The number of hydrogen-bond donors (Lipinski definition) is 1. The molecule has 58 valence electrons. The lowest BCUT2D eigenvalue weighted by molar-refractivity contribution is -0.0609. The van der Waals surface area contributed by atoms with E-state index in [0.29, 0.717) is 13.2 Å². The smallest absolute Gasteiger partial charge is 0.143 e. The molecule has 0 radical (unpaired) electrons. The first-order valence-corrected chi connectivity index (χ1v) is 3.38. The molecule has 0 aromatic carbocycles. The van der Waals surface area contributed by atoms with E-state index in [1.54, 1.807) is 0 Å². The van der Waals surface area contributed by atoms with E-state index in [4.69, 9.17) is 14.6 Å². The third-order valence-corrected chi connectivity index (χ3v) is 1.39. The highest BCUT2D eigenvalue weighted by molar-refractivity contribution is 4.88. The zero-order valence-corrected chi connectivity index (χ0v) is 5.82. The Morgan fingerprint density at radius 1 is 1.60 bits per heavy atom. The summed E-state index contributed by atoms with van der Waals surface area (Å²) in [6.45, 7) is 0.934. The summed E-state index contributed by atoms with van der Waals surface area (Å²) in [5.74, 6) is 0. The zero-order chi connectivity index (χ0) is 7.23. The predicted molar refractivity (Wildman–Crippen MR) is 36.5 cm³/mol. The molecule has 0 saturated heterocycles. The van der Waals surface area contributed by atoms with Gasteiger partial charge < -0.3 is 14.6 Å². The molecule has 0 aromatic rings. The second-order valence-electron chi connectivity index (χ2n) is 2.16. The van der Waals surface area contributed by atoms with Gasteiger partial charge in [0.05, 0.1) is 19.3 Å². The third-order valence-electron chi connectivity index (χ3n) is 1.39. The summed E-state index contributed by atoms with van der Waals surface area (Å²) in [5.41, 5.74) is 0. The van der Waals surface area contributed by atoms with E-state index in [1.165, 1.54) is 0 Å². The minimum absolute atomic E-state index is 0.136. The highest BCUT2D eigenvalue weighted by atomic mass is 16.6. The van der Waals surface area contributed by atoms with E-state index >= 15 is 0 Å². The van der Waals surface area contributed by atoms with E-state index < -0.39 is 0 Å². The van der Waals surface area contributed by atoms with Gasteiger partial charge in [-0.1, -0.05) is 12.2 Å². The van der Waals surface area contributed by atoms with Crippen molar-refractivity contribution in [2.75, 3.05) is 20.0 Å².